The van der Waals surface area contributed by atoms with Gasteiger partial charge in [0.15, 0.2) is 0 Å². The summed E-state index contributed by atoms with van der Waals surface area (Å²) in [6.07, 6.45) is 5.57. The van der Waals surface area contributed by atoms with Gasteiger partial charge in [-0.15, -0.1) is 0 Å². The Hall–Kier alpha value is -1.29. The van der Waals surface area contributed by atoms with Gasteiger partial charge in [0, 0.05) is 29.0 Å². The van der Waals surface area contributed by atoms with E-state index < -0.39 is 0 Å². The summed E-state index contributed by atoms with van der Waals surface area (Å²) in [5, 5.41) is 1.66. The molecule has 0 aliphatic heterocycles. The van der Waals surface area contributed by atoms with Gasteiger partial charge in [-0.3, -0.25) is 0 Å². The Balaban J connectivity index is 1.80. The van der Waals surface area contributed by atoms with Crippen LogP contribution in [0.3, 0.4) is 0 Å². The Labute approximate surface area is 151 Å². The maximum absolute atomic E-state index is 12.4. The molecule has 1 aromatic heterocycles. The molecule has 0 spiro atoms. The molecule has 1 aromatic carbocycles. The number of aromatic nitrogens is 1. The average molecular weight is 390 g/mol. The van der Waals surface area contributed by atoms with Gasteiger partial charge in [-0.25, -0.2) is 4.79 Å². The standard InChI is InChI=1S/C20H24BrNO2/c1-3-24-20(23)19-15-7-6-14(10-17(15)22(2)18(19)11-21)16-9-12-4-5-13(16)8-12/h6-7,10,12-13,16H,3-5,8-9,11H2,1-2H3. The summed E-state index contributed by atoms with van der Waals surface area (Å²) in [5.74, 6) is 2.30. The van der Waals surface area contributed by atoms with Gasteiger partial charge in [-0.1, -0.05) is 34.5 Å². The highest BCUT2D eigenvalue weighted by Gasteiger charge is 2.40. The van der Waals surface area contributed by atoms with Gasteiger partial charge in [0.2, 0.25) is 0 Å². The fourth-order valence-electron chi connectivity index (χ4n) is 4.98. The Kier molecular flexibility index (Phi) is 4.19. The number of fused-ring (bicyclic) bond motifs is 3. The number of aryl methyl sites for hydroxylation is 1. The fourth-order valence-corrected chi connectivity index (χ4v) is 5.63. The Morgan fingerprint density at radius 2 is 2.17 bits per heavy atom. The van der Waals surface area contributed by atoms with E-state index in [4.69, 9.17) is 4.74 Å². The minimum atomic E-state index is -0.217. The Morgan fingerprint density at radius 1 is 1.33 bits per heavy atom. The van der Waals surface area contributed by atoms with Crippen molar-refractivity contribution in [3.63, 3.8) is 0 Å². The van der Waals surface area contributed by atoms with Crippen LogP contribution in [-0.2, 0) is 17.1 Å². The number of esters is 1. The number of rotatable bonds is 4. The summed E-state index contributed by atoms with van der Waals surface area (Å²) in [6, 6.07) is 6.69. The number of hydrogen-bond donors (Lipinski definition) is 0. The first-order valence-corrected chi connectivity index (χ1v) is 10.1. The van der Waals surface area contributed by atoms with Crippen LogP contribution in [-0.4, -0.2) is 17.1 Å². The van der Waals surface area contributed by atoms with Crippen LogP contribution in [0.25, 0.3) is 10.9 Å². The first kappa shape index (κ1) is 16.2. The second-order valence-corrected chi connectivity index (χ2v) is 7.85. The minimum absolute atomic E-state index is 0.217. The maximum Gasteiger partial charge on any atom is 0.340 e. The molecule has 24 heavy (non-hydrogen) atoms. The molecule has 2 saturated carbocycles. The molecule has 3 nitrogen and oxygen atoms in total. The van der Waals surface area contributed by atoms with Crippen molar-refractivity contribution in [1.82, 2.24) is 4.57 Å². The van der Waals surface area contributed by atoms with Crippen molar-refractivity contribution in [2.45, 2.75) is 43.9 Å². The molecular weight excluding hydrogens is 366 g/mol. The lowest BCUT2D eigenvalue weighted by atomic mass is 9.83. The number of nitrogens with zero attached hydrogens (tertiary/aromatic N) is 1. The molecule has 2 aliphatic rings. The van der Waals surface area contributed by atoms with Crippen LogP contribution in [0.5, 0.6) is 0 Å². The first-order chi connectivity index (χ1) is 11.6. The van der Waals surface area contributed by atoms with Crippen molar-refractivity contribution in [2.75, 3.05) is 6.61 Å². The van der Waals surface area contributed by atoms with Crippen LogP contribution in [0.4, 0.5) is 0 Å². The number of hydrogen-bond acceptors (Lipinski definition) is 2. The van der Waals surface area contributed by atoms with E-state index in [1.54, 1.807) is 0 Å². The molecular formula is C20H24BrNO2. The number of ether oxygens (including phenoxy) is 1. The van der Waals surface area contributed by atoms with Gasteiger partial charge in [-0.2, -0.15) is 0 Å². The monoisotopic (exact) mass is 389 g/mol. The lowest BCUT2D eigenvalue weighted by Crippen LogP contribution is -2.08. The number of benzene rings is 1. The highest BCUT2D eigenvalue weighted by molar-refractivity contribution is 9.08. The lowest BCUT2D eigenvalue weighted by Gasteiger charge is -2.22. The molecule has 2 bridgehead atoms. The second-order valence-electron chi connectivity index (χ2n) is 7.29. The van der Waals surface area contributed by atoms with Gasteiger partial charge in [0.25, 0.3) is 0 Å². The van der Waals surface area contributed by atoms with E-state index in [0.717, 1.165) is 28.4 Å². The fraction of sp³-hybridized carbons (Fsp3) is 0.550. The first-order valence-electron chi connectivity index (χ1n) is 8.98. The van der Waals surface area contributed by atoms with Crippen molar-refractivity contribution in [1.29, 1.82) is 0 Å². The Morgan fingerprint density at radius 3 is 2.79 bits per heavy atom. The zero-order valence-electron chi connectivity index (χ0n) is 14.3. The van der Waals surface area contributed by atoms with E-state index in [-0.39, 0.29) is 5.97 Å². The van der Waals surface area contributed by atoms with Crippen LogP contribution < -0.4 is 0 Å². The van der Waals surface area contributed by atoms with E-state index in [0.29, 0.717) is 23.4 Å². The smallest absolute Gasteiger partial charge is 0.340 e. The van der Waals surface area contributed by atoms with Gasteiger partial charge >= 0.3 is 5.97 Å². The molecule has 2 aromatic rings. The molecule has 4 rings (SSSR count). The summed E-state index contributed by atoms with van der Waals surface area (Å²) in [4.78, 5) is 12.4. The lowest BCUT2D eigenvalue weighted by molar-refractivity contribution is 0.0527. The van der Waals surface area contributed by atoms with Gasteiger partial charge in [0.05, 0.1) is 12.2 Å². The summed E-state index contributed by atoms with van der Waals surface area (Å²) in [7, 11) is 2.05. The molecule has 2 fully saturated rings. The van der Waals surface area contributed by atoms with Crippen LogP contribution >= 0.6 is 15.9 Å². The van der Waals surface area contributed by atoms with E-state index in [1.807, 2.05) is 14.0 Å². The average Bonchev–Trinajstić information content (AvgIpc) is 3.28. The highest BCUT2D eigenvalue weighted by atomic mass is 79.9. The molecule has 3 unspecified atom stereocenters. The number of alkyl halides is 1. The van der Waals surface area contributed by atoms with E-state index in [1.165, 1.54) is 31.2 Å². The Bertz CT molecular complexity index is 795. The number of carbonyl (C=O) groups is 1. The molecule has 0 amide bonds. The van der Waals surface area contributed by atoms with E-state index in [2.05, 4.69) is 38.7 Å². The molecule has 0 saturated heterocycles. The molecule has 128 valence electrons. The van der Waals surface area contributed by atoms with Crippen LogP contribution in [0.2, 0.25) is 0 Å². The predicted octanol–water partition coefficient (Wildman–Crippen LogP) is 5.15. The molecule has 3 atom stereocenters. The van der Waals surface area contributed by atoms with E-state index in [9.17, 15) is 4.79 Å². The van der Waals surface area contributed by atoms with Crippen LogP contribution in [0.15, 0.2) is 18.2 Å². The second kappa shape index (κ2) is 6.21. The zero-order valence-corrected chi connectivity index (χ0v) is 15.9. The van der Waals surface area contributed by atoms with Gasteiger partial charge in [0.1, 0.15) is 0 Å². The van der Waals surface area contributed by atoms with Gasteiger partial charge in [-0.05, 0) is 55.6 Å². The normalized spacial score (nSPS) is 25.5. The topological polar surface area (TPSA) is 31.2 Å². The van der Waals surface area contributed by atoms with Crippen molar-refractivity contribution < 1.29 is 9.53 Å². The maximum atomic E-state index is 12.4. The minimum Gasteiger partial charge on any atom is -0.462 e. The van der Waals surface area contributed by atoms with Crippen LogP contribution in [0, 0.1) is 11.8 Å². The molecule has 2 aliphatic carbocycles. The van der Waals surface area contributed by atoms with Crippen LogP contribution in [0.1, 0.15) is 60.1 Å². The largest absolute Gasteiger partial charge is 0.462 e. The molecule has 0 N–H and O–H groups in total. The summed E-state index contributed by atoms with van der Waals surface area (Å²) in [5.41, 5.74) is 4.30. The number of carbonyl (C=O) groups excluding carboxylic acids is 1. The third-order valence-corrected chi connectivity index (χ3v) is 6.65. The molecule has 1 heterocycles. The summed E-state index contributed by atoms with van der Waals surface area (Å²) >= 11 is 3.54. The van der Waals surface area contributed by atoms with Gasteiger partial charge < -0.3 is 9.30 Å². The molecule has 4 heteroatoms. The quantitative estimate of drug-likeness (QED) is 0.534. The van der Waals surface area contributed by atoms with Crippen molar-refractivity contribution in [3.8, 4) is 0 Å². The van der Waals surface area contributed by atoms with Crippen molar-refractivity contribution in [2.24, 2.45) is 18.9 Å². The third kappa shape index (κ3) is 2.42. The number of halogens is 1. The summed E-state index contributed by atoms with van der Waals surface area (Å²) in [6.45, 7) is 2.25. The van der Waals surface area contributed by atoms with Crippen molar-refractivity contribution in [3.05, 3.63) is 35.0 Å². The molecule has 0 radical (unpaired) electrons. The third-order valence-electron chi connectivity index (χ3n) is 6.12. The summed E-state index contributed by atoms with van der Waals surface area (Å²) < 4.78 is 7.43. The van der Waals surface area contributed by atoms with Crippen molar-refractivity contribution >= 4 is 32.8 Å². The highest BCUT2D eigenvalue weighted by Crippen LogP contribution is 2.53. The van der Waals surface area contributed by atoms with E-state index >= 15 is 0 Å². The zero-order chi connectivity index (χ0) is 16.8. The predicted molar refractivity (Wildman–Crippen MR) is 99.7 cm³/mol. The SMILES string of the molecule is CCOC(=O)c1c(CBr)n(C)c2cc(C3CC4CCC3C4)ccc12.